The van der Waals surface area contributed by atoms with E-state index in [0.29, 0.717) is 11.2 Å². The number of benzene rings is 2. The Labute approximate surface area is 132 Å². The molecule has 0 unspecified atom stereocenters. The van der Waals surface area contributed by atoms with Gasteiger partial charge in [0.1, 0.15) is 0 Å². The van der Waals surface area contributed by atoms with Gasteiger partial charge in [-0.3, -0.25) is 10.5 Å². The SMILES string of the molecule is S=c1[nH]nc(Cc2ccc(Cl)cc2)n1Nc1ccccc1. The molecule has 0 bridgehead atoms. The summed E-state index contributed by atoms with van der Waals surface area (Å²) in [6.45, 7) is 0. The third-order valence-corrected chi connectivity index (χ3v) is 3.56. The van der Waals surface area contributed by atoms with Crippen molar-refractivity contribution in [3.8, 4) is 0 Å². The molecule has 6 heteroatoms. The van der Waals surface area contributed by atoms with E-state index in [-0.39, 0.29) is 0 Å². The van der Waals surface area contributed by atoms with Crippen LogP contribution in [0.25, 0.3) is 0 Å². The lowest BCUT2D eigenvalue weighted by Crippen LogP contribution is -2.13. The summed E-state index contributed by atoms with van der Waals surface area (Å²) in [5.41, 5.74) is 5.31. The molecule has 0 fully saturated rings. The molecule has 0 aliphatic rings. The zero-order valence-corrected chi connectivity index (χ0v) is 12.7. The number of H-pyrrole nitrogens is 1. The molecule has 106 valence electrons. The van der Waals surface area contributed by atoms with Gasteiger partial charge in [-0.2, -0.15) is 5.10 Å². The van der Waals surface area contributed by atoms with Crippen LogP contribution in [0.3, 0.4) is 0 Å². The maximum Gasteiger partial charge on any atom is 0.214 e. The van der Waals surface area contributed by atoms with Gasteiger partial charge in [-0.05, 0) is 42.0 Å². The van der Waals surface area contributed by atoms with Crippen LogP contribution >= 0.6 is 23.8 Å². The van der Waals surface area contributed by atoms with E-state index in [1.54, 1.807) is 4.68 Å². The van der Waals surface area contributed by atoms with Crippen LogP contribution in [-0.2, 0) is 6.42 Å². The summed E-state index contributed by atoms with van der Waals surface area (Å²) in [7, 11) is 0. The normalized spacial score (nSPS) is 10.5. The van der Waals surface area contributed by atoms with Crippen molar-refractivity contribution in [3.63, 3.8) is 0 Å². The molecule has 0 saturated carbocycles. The van der Waals surface area contributed by atoms with E-state index in [2.05, 4.69) is 15.6 Å². The molecule has 4 nitrogen and oxygen atoms in total. The number of anilines is 1. The minimum absolute atomic E-state index is 0.530. The van der Waals surface area contributed by atoms with E-state index < -0.39 is 0 Å². The molecule has 3 aromatic rings. The van der Waals surface area contributed by atoms with Gasteiger partial charge in [-0.25, -0.2) is 4.68 Å². The Bertz CT molecular complexity index is 777. The summed E-state index contributed by atoms with van der Waals surface area (Å²) < 4.78 is 2.31. The molecule has 1 aromatic heterocycles. The molecule has 2 aromatic carbocycles. The summed E-state index contributed by atoms with van der Waals surface area (Å²) >= 11 is 11.2. The van der Waals surface area contributed by atoms with Crippen molar-refractivity contribution in [3.05, 3.63) is 75.8 Å². The number of aromatic nitrogens is 3. The van der Waals surface area contributed by atoms with Crippen LogP contribution in [-0.4, -0.2) is 14.9 Å². The molecule has 0 radical (unpaired) electrons. The molecule has 3 rings (SSSR count). The molecule has 21 heavy (non-hydrogen) atoms. The summed E-state index contributed by atoms with van der Waals surface area (Å²) in [4.78, 5) is 0. The minimum atomic E-state index is 0.530. The Morgan fingerprint density at radius 1 is 1.10 bits per heavy atom. The molecule has 2 N–H and O–H groups in total. The lowest BCUT2D eigenvalue weighted by atomic mass is 10.1. The van der Waals surface area contributed by atoms with Crippen molar-refractivity contribution in [2.24, 2.45) is 0 Å². The maximum absolute atomic E-state index is 5.90. The number of aromatic amines is 1. The Kier molecular flexibility index (Phi) is 4.03. The Morgan fingerprint density at radius 3 is 2.52 bits per heavy atom. The third kappa shape index (κ3) is 3.32. The fourth-order valence-corrected chi connectivity index (χ4v) is 2.31. The number of hydrogen-bond acceptors (Lipinski definition) is 3. The zero-order valence-electron chi connectivity index (χ0n) is 11.1. The van der Waals surface area contributed by atoms with Crippen LogP contribution in [0, 0.1) is 4.77 Å². The van der Waals surface area contributed by atoms with Crippen LogP contribution < -0.4 is 5.43 Å². The minimum Gasteiger partial charge on any atom is -0.291 e. The molecule has 0 aliphatic carbocycles. The van der Waals surface area contributed by atoms with Crippen molar-refractivity contribution in [2.75, 3.05) is 5.43 Å². The van der Waals surface area contributed by atoms with Crippen molar-refractivity contribution in [1.82, 2.24) is 14.9 Å². The van der Waals surface area contributed by atoms with E-state index in [1.165, 1.54) is 0 Å². The van der Waals surface area contributed by atoms with Crippen molar-refractivity contribution < 1.29 is 0 Å². The van der Waals surface area contributed by atoms with Crippen LogP contribution in [0.15, 0.2) is 54.6 Å². The Hall–Kier alpha value is -2.11. The van der Waals surface area contributed by atoms with E-state index in [4.69, 9.17) is 23.8 Å². The highest BCUT2D eigenvalue weighted by atomic mass is 35.5. The number of nitrogens with zero attached hydrogens (tertiary/aromatic N) is 2. The lowest BCUT2D eigenvalue weighted by molar-refractivity contribution is 0.844. The summed E-state index contributed by atoms with van der Waals surface area (Å²) in [6.07, 6.45) is 0.657. The van der Waals surface area contributed by atoms with Crippen LogP contribution in [0.4, 0.5) is 5.69 Å². The number of rotatable bonds is 4. The topological polar surface area (TPSA) is 45.6 Å². The van der Waals surface area contributed by atoms with Gasteiger partial charge >= 0.3 is 0 Å². The van der Waals surface area contributed by atoms with Crippen molar-refractivity contribution in [2.45, 2.75) is 6.42 Å². The average molecular weight is 317 g/mol. The van der Waals surface area contributed by atoms with Gasteiger partial charge in [0.15, 0.2) is 5.82 Å². The van der Waals surface area contributed by atoms with Gasteiger partial charge in [0.05, 0.1) is 5.69 Å². The molecule has 1 heterocycles. The highest BCUT2D eigenvalue weighted by molar-refractivity contribution is 7.71. The van der Waals surface area contributed by atoms with Crippen LogP contribution in [0.2, 0.25) is 5.02 Å². The number of halogens is 1. The predicted molar refractivity (Wildman–Crippen MR) is 87.1 cm³/mol. The van der Waals surface area contributed by atoms with E-state index in [1.807, 2.05) is 54.6 Å². The van der Waals surface area contributed by atoms with E-state index in [0.717, 1.165) is 22.1 Å². The first-order chi connectivity index (χ1) is 10.2. The van der Waals surface area contributed by atoms with Crippen LogP contribution in [0.5, 0.6) is 0 Å². The maximum atomic E-state index is 5.90. The first kappa shape index (κ1) is 13.9. The van der Waals surface area contributed by atoms with Crippen LogP contribution in [0.1, 0.15) is 11.4 Å². The average Bonchev–Trinajstić information content (AvgIpc) is 2.84. The highest BCUT2D eigenvalue weighted by Gasteiger charge is 2.07. The molecule has 0 aliphatic heterocycles. The fraction of sp³-hybridized carbons (Fsp3) is 0.0667. The first-order valence-corrected chi connectivity index (χ1v) is 7.24. The summed E-state index contributed by atoms with van der Waals surface area (Å²) in [6, 6.07) is 17.5. The monoisotopic (exact) mass is 316 g/mol. The van der Waals surface area contributed by atoms with E-state index in [9.17, 15) is 0 Å². The molecular formula is C15H13ClN4S. The lowest BCUT2D eigenvalue weighted by Gasteiger charge is -2.09. The van der Waals surface area contributed by atoms with Gasteiger partial charge < -0.3 is 0 Å². The second-order valence-corrected chi connectivity index (χ2v) is 5.38. The van der Waals surface area contributed by atoms with Gasteiger partial charge in [-0.15, -0.1) is 0 Å². The van der Waals surface area contributed by atoms with Gasteiger partial charge in [-0.1, -0.05) is 41.9 Å². The molecule has 0 spiro atoms. The zero-order chi connectivity index (χ0) is 14.7. The Balaban J connectivity index is 1.87. The largest absolute Gasteiger partial charge is 0.291 e. The smallest absolute Gasteiger partial charge is 0.214 e. The molecular weight excluding hydrogens is 304 g/mol. The number of nitrogens with one attached hydrogen (secondary N) is 2. The molecule has 0 amide bonds. The molecule has 0 atom stereocenters. The fourth-order valence-electron chi connectivity index (χ4n) is 1.99. The second-order valence-electron chi connectivity index (χ2n) is 4.56. The third-order valence-electron chi connectivity index (χ3n) is 3.03. The van der Waals surface area contributed by atoms with Crippen molar-refractivity contribution >= 4 is 29.5 Å². The van der Waals surface area contributed by atoms with E-state index >= 15 is 0 Å². The van der Waals surface area contributed by atoms with Gasteiger partial charge in [0.25, 0.3) is 0 Å². The van der Waals surface area contributed by atoms with Gasteiger partial charge in [0.2, 0.25) is 4.77 Å². The first-order valence-electron chi connectivity index (χ1n) is 6.45. The Morgan fingerprint density at radius 2 is 1.81 bits per heavy atom. The second kappa shape index (κ2) is 6.11. The van der Waals surface area contributed by atoms with Gasteiger partial charge in [0, 0.05) is 11.4 Å². The number of hydrogen-bond donors (Lipinski definition) is 2. The summed E-state index contributed by atoms with van der Waals surface area (Å²) in [5, 5.41) is 7.82. The number of para-hydroxylation sites is 1. The predicted octanol–water partition coefficient (Wildman–Crippen LogP) is 4.06. The van der Waals surface area contributed by atoms with Crippen molar-refractivity contribution in [1.29, 1.82) is 0 Å². The highest BCUT2D eigenvalue weighted by Crippen LogP contribution is 2.14. The summed E-state index contributed by atoms with van der Waals surface area (Å²) in [5.74, 6) is 0.811. The quantitative estimate of drug-likeness (QED) is 0.713. The standard InChI is InChI=1S/C15H13ClN4S/c16-12-8-6-11(7-9-12)10-14-17-18-15(21)20(14)19-13-4-2-1-3-5-13/h1-9,19H,10H2,(H,18,21). The molecule has 0 saturated heterocycles.